The number of ether oxygens (including phenoxy) is 1. The van der Waals surface area contributed by atoms with Crippen molar-refractivity contribution in [3.05, 3.63) is 64.8 Å². The number of aryl methyl sites for hydroxylation is 2. The largest absolute Gasteiger partial charge is 0.497 e. The Hall–Kier alpha value is -2.75. The Morgan fingerprint density at radius 3 is 2.63 bits per heavy atom. The molecule has 1 amide bonds. The van der Waals surface area contributed by atoms with E-state index in [2.05, 4.69) is 29.4 Å². The van der Waals surface area contributed by atoms with Crippen LogP contribution in [0, 0.1) is 13.8 Å². The van der Waals surface area contributed by atoms with Gasteiger partial charge in [-0.1, -0.05) is 17.7 Å². The van der Waals surface area contributed by atoms with Gasteiger partial charge in [0, 0.05) is 35.8 Å². The molecular weight excluding hydrogens is 336 g/mol. The second-order valence-electron chi connectivity index (χ2n) is 7.54. The van der Waals surface area contributed by atoms with E-state index in [1.807, 2.05) is 36.9 Å². The molecular formula is C23H26N2O2. The van der Waals surface area contributed by atoms with Crippen LogP contribution in [-0.4, -0.2) is 36.0 Å². The molecule has 1 N–H and O–H groups in total. The lowest BCUT2D eigenvalue weighted by molar-refractivity contribution is 0.0712. The summed E-state index contributed by atoms with van der Waals surface area (Å²) < 4.78 is 5.39. The minimum Gasteiger partial charge on any atom is -0.497 e. The number of hydrogen-bond donors (Lipinski definition) is 1. The predicted octanol–water partition coefficient (Wildman–Crippen LogP) is 4.81. The Kier molecular flexibility index (Phi) is 4.65. The quantitative estimate of drug-likeness (QED) is 0.726. The first-order valence-electron chi connectivity index (χ1n) is 9.58. The number of amides is 1. The van der Waals surface area contributed by atoms with Crippen molar-refractivity contribution in [3.63, 3.8) is 0 Å². The highest BCUT2D eigenvalue weighted by atomic mass is 16.5. The molecule has 0 saturated carbocycles. The topological polar surface area (TPSA) is 45.3 Å². The lowest BCUT2D eigenvalue weighted by Crippen LogP contribution is -2.38. The van der Waals surface area contributed by atoms with Crippen molar-refractivity contribution in [1.29, 1.82) is 0 Å². The third-order valence-electron chi connectivity index (χ3n) is 5.77. The standard InChI is InChI=1S/C23H26N2O2/c1-15-4-5-16(2)19(12-15)23(26)25-10-8-17(9-11-25)21-14-24-22-7-6-18(27-3)13-20(21)22/h4-7,12-14,17,24H,8-11H2,1-3H3. The van der Waals surface area contributed by atoms with Crippen LogP contribution < -0.4 is 4.74 Å². The van der Waals surface area contributed by atoms with Crippen molar-refractivity contribution < 1.29 is 9.53 Å². The number of hydrogen-bond acceptors (Lipinski definition) is 2. The van der Waals surface area contributed by atoms with E-state index in [0.29, 0.717) is 5.92 Å². The van der Waals surface area contributed by atoms with Gasteiger partial charge in [-0.15, -0.1) is 0 Å². The van der Waals surface area contributed by atoms with E-state index in [1.54, 1.807) is 7.11 Å². The maximum absolute atomic E-state index is 13.0. The zero-order chi connectivity index (χ0) is 19.0. The first kappa shape index (κ1) is 17.7. The Balaban J connectivity index is 1.51. The summed E-state index contributed by atoms with van der Waals surface area (Å²) >= 11 is 0. The summed E-state index contributed by atoms with van der Waals surface area (Å²) in [6.45, 7) is 5.65. The van der Waals surface area contributed by atoms with Gasteiger partial charge in [0.1, 0.15) is 5.75 Å². The number of likely N-dealkylation sites (tertiary alicyclic amines) is 1. The number of nitrogens with zero attached hydrogens (tertiary/aromatic N) is 1. The number of nitrogens with one attached hydrogen (secondary N) is 1. The van der Waals surface area contributed by atoms with Gasteiger partial charge < -0.3 is 14.6 Å². The van der Waals surface area contributed by atoms with Crippen molar-refractivity contribution >= 4 is 16.8 Å². The highest BCUT2D eigenvalue weighted by Gasteiger charge is 2.26. The molecule has 2 heterocycles. The number of aromatic amines is 1. The van der Waals surface area contributed by atoms with Gasteiger partial charge in [-0.3, -0.25) is 4.79 Å². The Bertz CT molecular complexity index is 981. The highest BCUT2D eigenvalue weighted by molar-refractivity contribution is 5.96. The SMILES string of the molecule is COc1ccc2[nH]cc(C3CCN(C(=O)c4cc(C)ccc4C)CC3)c2c1. The van der Waals surface area contributed by atoms with E-state index in [0.717, 1.165) is 53.9 Å². The van der Waals surface area contributed by atoms with E-state index in [-0.39, 0.29) is 5.91 Å². The normalized spacial score (nSPS) is 15.3. The number of methoxy groups -OCH3 is 1. The van der Waals surface area contributed by atoms with Gasteiger partial charge in [0.2, 0.25) is 0 Å². The molecule has 27 heavy (non-hydrogen) atoms. The van der Waals surface area contributed by atoms with Gasteiger partial charge in [0.15, 0.2) is 0 Å². The van der Waals surface area contributed by atoms with Gasteiger partial charge >= 0.3 is 0 Å². The monoisotopic (exact) mass is 362 g/mol. The molecule has 0 unspecified atom stereocenters. The number of aromatic nitrogens is 1. The average Bonchev–Trinajstić information content (AvgIpc) is 3.12. The number of fused-ring (bicyclic) bond motifs is 1. The molecule has 1 aliphatic heterocycles. The fraction of sp³-hybridized carbons (Fsp3) is 0.348. The predicted molar refractivity (Wildman–Crippen MR) is 109 cm³/mol. The van der Waals surface area contributed by atoms with Crippen LogP contribution in [0.5, 0.6) is 5.75 Å². The zero-order valence-corrected chi connectivity index (χ0v) is 16.2. The van der Waals surface area contributed by atoms with Crippen LogP contribution in [0.2, 0.25) is 0 Å². The van der Waals surface area contributed by atoms with Crippen LogP contribution in [-0.2, 0) is 0 Å². The molecule has 0 radical (unpaired) electrons. The van der Waals surface area contributed by atoms with Crippen LogP contribution in [0.3, 0.4) is 0 Å². The summed E-state index contributed by atoms with van der Waals surface area (Å²) in [5.41, 5.74) is 5.50. The summed E-state index contributed by atoms with van der Waals surface area (Å²) in [4.78, 5) is 18.3. The van der Waals surface area contributed by atoms with E-state index in [4.69, 9.17) is 4.74 Å². The molecule has 2 aromatic carbocycles. The number of H-pyrrole nitrogens is 1. The van der Waals surface area contributed by atoms with Gasteiger partial charge in [0.05, 0.1) is 7.11 Å². The fourth-order valence-corrected chi connectivity index (χ4v) is 4.12. The number of rotatable bonds is 3. The van der Waals surface area contributed by atoms with Crippen LogP contribution in [0.1, 0.15) is 45.8 Å². The van der Waals surface area contributed by atoms with Gasteiger partial charge in [-0.25, -0.2) is 0 Å². The van der Waals surface area contributed by atoms with E-state index >= 15 is 0 Å². The molecule has 4 rings (SSSR count). The Morgan fingerprint density at radius 1 is 1.11 bits per heavy atom. The first-order valence-corrected chi connectivity index (χ1v) is 9.58. The average molecular weight is 362 g/mol. The van der Waals surface area contributed by atoms with E-state index in [1.165, 1.54) is 10.9 Å². The number of carbonyl (C=O) groups is 1. The summed E-state index contributed by atoms with van der Waals surface area (Å²) in [7, 11) is 1.70. The number of benzene rings is 2. The van der Waals surface area contributed by atoms with Crippen LogP contribution in [0.25, 0.3) is 10.9 Å². The minimum atomic E-state index is 0.162. The second-order valence-corrected chi connectivity index (χ2v) is 7.54. The third-order valence-corrected chi connectivity index (χ3v) is 5.77. The van der Waals surface area contributed by atoms with Gasteiger partial charge in [0.25, 0.3) is 5.91 Å². The van der Waals surface area contributed by atoms with Gasteiger partial charge in [-0.05, 0) is 68.0 Å². The number of piperidine rings is 1. The zero-order valence-electron chi connectivity index (χ0n) is 16.2. The summed E-state index contributed by atoms with van der Waals surface area (Å²) in [5, 5.41) is 1.23. The van der Waals surface area contributed by atoms with Crippen molar-refractivity contribution in [2.45, 2.75) is 32.6 Å². The lowest BCUT2D eigenvalue weighted by atomic mass is 9.88. The molecule has 3 aromatic rings. The molecule has 4 heteroatoms. The maximum Gasteiger partial charge on any atom is 0.254 e. The highest BCUT2D eigenvalue weighted by Crippen LogP contribution is 2.35. The van der Waals surface area contributed by atoms with Crippen molar-refractivity contribution in [2.75, 3.05) is 20.2 Å². The van der Waals surface area contributed by atoms with Crippen molar-refractivity contribution in [2.24, 2.45) is 0 Å². The van der Waals surface area contributed by atoms with E-state index < -0.39 is 0 Å². The second kappa shape index (κ2) is 7.10. The van der Waals surface area contributed by atoms with Crippen molar-refractivity contribution in [3.8, 4) is 5.75 Å². The molecule has 4 nitrogen and oxygen atoms in total. The minimum absolute atomic E-state index is 0.162. The smallest absolute Gasteiger partial charge is 0.254 e. The van der Waals surface area contributed by atoms with Crippen LogP contribution >= 0.6 is 0 Å². The number of carbonyl (C=O) groups excluding carboxylic acids is 1. The molecule has 0 spiro atoms. The van der Waals surface area contributed by atoms with Gasteiger partial charge in [-0.2, -0.15) is 0 Å². The van der Waals surface area contributed by atoms with Crippen molar-refractivity contribution in [1.82, 2.24) is 9.88 Å². The Labute approximate surface area is 160 Å². The molecule has 1 aromatic heterocycles. The van der Waals surface area contributed by atoms with Crippen LogP contribution in [0.4, 0.5) is 0 Å². The Morgan fingerprint density at radius 2 is 1.89 bits per heavy atom. The molecule has 0 atom stereocenters. The third kappa shape index (κ3) is 3.32. The lowest BCUT2D eigenvalue weighted by Gasteiger charge is -2.32. The maximum atomic E-state index is 13.0. The molecule has 1 aliphatic rings. The van der Waals surface area contributed by atoms with Crippen LogP contribution in [0.15, 0.2) is 42.6 Å². The summed E-state index contributed by atoms with van der Waals surface area (Å²) in [6, 6.07) is 12.3. The van der Waals surface area contributed by atoms with E-state index in [9.17, 15) is 4.79 Å². The molecule has 1 fully saturated rings. The first-order chi connectivity index (χ1) is 13.1. The fourth-order valence-electron chi connectivity index (χ4n) is 4.12. The summed E-state index contributed by atoms with van der Waals surface area (Å²) in [6.07, 6.45) is 4.10. The molecule has 0 aliphatic carbocycles. The molecule has 0 bridgehead atoms. The molecule has 140 valence electrons. The molecule has 1 saturated heterocycles. The summed E-state index contributed by atoms with van der Waals surface area (Å²) in [5.74, 6) is 1.51.